The van der Waals surface area contributed by atoms with Crippen LogP contribution in [-0.2, 0) is 16.2 Å². The first kappa shape index (κ1) is 22.2. The Labute approximate surface area is 178 Å². The number of methoxy groups -OCH3 is 2. The van der Waals surface area contributed by atoms with Crippen molar-refractivity contribution in [3.63, 3.8) is 0 Å². The number of anilines is 1. The van der Waals surface area contributed by atoms with E-state index in [2.05, 4.69) is 9.82 Å². The summed E-state index contributed by atoms with van der Waals surface area (Å²) in [5, 5.41) is 5.70. The standard InChI is InChI=1S/C17H15ClF3N3O4S2/c1-8-15(7-14(29-8)11-5-16(23-22-11)17(19,20)21)30(25,26)24-10-4-9(18)12(27-2)6-13(10)28-3/h4-7,24H,1-3H3,(H,22,23). The highest BCUT2D eigenvalue weighted by Crippen LogP contribution is 2.39. The van der Waals surface area contributed by atoms with Crippen LogP contribution in [-0.4, -0.2) is 32.8 Å². The van der Waals surface area contributed by atoms with E-state index in [0.717, 1.165) is 17.4 Å². The fourth-order valence-electron chi connectivity index (χ4n) is 2.59. The van der Waals surface area contributed by atoms with E-state index in [0.29, 0.717) is 10.6 Å². The summed E-state index contributed by atoms with van der Waals surface area (Å²) in [6, 6.07) is 4.84. The van der Waals surface area contributed by atoms with Crippen molar-refractivity contribution in [1.29, 1.82) is 0 Å². The summed E-state index contributed by atoms with van der Waals surface area (Å²) < 4.78 is 76.8. The largest absolute Gasteiger partial charge is 0.495 e. The fraction of sp³-hybridized carbons (Fsp3) is 0.235. The van der Waals surface area contributed by atoms with Crippen LogP contribution in [0.25, 0.3) is 10.6 Å². The second kappa shape index (κ2) is 8.00. The average molecular weight is 482 g/mol. The molecule has 1 aromatic carbocycles. The first-order chi connectivity index (χ1) is 14.0. The maximum absolute atomic E-state index is 12.9. The van der Waals surface area contributed by atoms with E-state index in [1.807, 2.05) is 5.10 Å². The molecule has 0 spiro atoms. The van der Waals surface area contributed by atoms with Crippen LogP contribution in [0, 0.1) is 6.92 Å². The van der Waals surface area contributed by atoms with Crippen LogP contribution in [0.15, 0.2) is 29.2 Å². The van der Waals surface area contributed by atoms with Crippen molar-refractivity contribution < 1.29 is 31.1 Å². The van der Waals surface area contributed by atoms with Gasteiger partial charge >= 0.3 is 6.18 Å². The Kier molecular flexibility index (Phi) is 5.94. The SMILES string of the molecule is COc1cc(OC)c(NS(=O)(=O)c2cc(-c3cc(C(F)(F)F)[nH]n3)sc2C)cc1Cl. The summed E-state index contributed by atoms with van der Waals surface area (Å²) in [4.78, 5) is 0.528. The molecule has 0 fully saturated rings. The van der Waals surface area contributed by atoms with Crippen LogP contribution >= 0.6 is 22.9 Å². The molecular formula is C17H15ClF3N3O4S2. The number of nitrogens with zero attached hydrogens (tertiary/aromatic N) is 1. The summed E-state index contributed by atoms with van der Waals surface area (Å²) in [5.74, 6) is 0.472. The Bertz CT molecular complexity index is 1190. The summed E-state index contributed by atoms with van der Waals surface area (Å²) in [7, 11) is -1.35. The maximum Gasteiger partial charge on any atom is 0.432 e. The third-order valence-corrected chi connectivity index (χ3v) is 7.00. The molecule has 13 heteroatoms. The van der Waals surface area contributed by atoms with Crippen LogP contribution in [0.2, 0.25) is 5.02 Å². The molecule has 3 rings (SSSR count). The zero-order valence-corrected chi connectivity index (χ0v) is 18.1. The van der Waals surface area contributed by atoms with E-state index in [-0.39, 0.29) is 31.9 Å². The summed E-state index contributed by atoms with van der Waals surface area (Å²) in [6.07, 6.45) is -4.59. The van der Waals surface area contributed by atoms with E-state index in [1.165, 1.54) is 39.3 Å². The lowest BCUT2D eigenvalue weighted by Crippen LogP contribution is -2.14. The summed E-state index contributed by atoms with van der Waals surface area (Å²) >= 11 is 7.07. The second-order valence-electron chi connectivity index (χ2n) is 5.99. The van der Waals surface area contributed by atoms with Crippen LogP contribution in [0.1, 0.15) is 10.6 Å². The third kappa shape index (κ3) is 4.35. The van der Waals surface area contributed by atoms with Gasteiger partial charge in [0.15, 0.2) is 0 Å². The van der Waals surface area contributed by atoms with Crippen molar-refractivity contribution in [3.8, 4) is 22.1 Å². The number of nitrogens with one attached hydrogen (secondary N) is 2. The van der Waals surface area contributed by atoms with E-state index in [4.69, 9.17) is 21.1 Å². The van der Waals surface area contributed by atoms with E-state index < -0.39 is 21.9 Å². The zero-order chi connectivity index (χ0) is 22.3. The molecule has 0 radical (unpaired) electrons. The lowest BCUT2D eigenvalue weighted by molar-refractivity contribution is -0.141. The van der Waals surface area contributed by atoms with Gasteiger partial charge in [-0.25, -0.2) is 8.42 Å². The van der Waals surface area contributed by atoms with Gasteiger partial charge in [0.05, 0.1) is 29.8 Å². The minimum Gasteiger partial charge on any atom is -0.495 e. The van der Waals surface area contributed by atoms with Crippen molar-refractivity contribution >= 4 is 38.6 Å². The lowest BCUT2D eigenvalue weighted by atomic mass is 10.3. The number of rotatable bonds is 6. The number of halogens is 4. The van der Waals surface area contributed by atoms with E-state index in [9.17, 15) is 21.6 Å². The Morgan fingerprint density at radius 3 is 2.37 bits per heavy atom. The van der Waals surface area contributed by atoms with Crippen molar-refractivity contribution in [2.75, 3.05) is 18.9 Å². The Morgan fingerprint density at radius 1 is 1.13 bits per heavy atom. The number of hydrogen-bond acceptors (Lipinski definition) is 6. The Morgan fingerprint density at radius 2 is 1.80 bits per heavy atom. The molecule has 0 saturated carbocycles. The summed E-state index contributed by atoms with van der Waals surface area (Å²) in [6.45, 7) is 1.54. The highest BCUT2D eigenvalue weighted by Gasteiger charge is 2.33. The van der Waals surface area contributed by atoms with Gasteiger partial charge in [0, 0.05) is 10.9 Å². The number of ether oxygens (including phenoxy) is 2. The van der Waals surface area contributed by atoms with Gasteiger partial charge in [-0.05, 0) is 25.1 Å². The molecule has 0 unspecified atom stereocenters. The third-order valence-electron chi connectivity index (χ3n) is 4.02. The Balaban J connectivity index is 1.97. The van der Waals surface area contributed by atoms with Gasteiger partial charge in [-0.2, -0.15) is 18.3 Å². The number of aromatic amines is 1. The average Bonchev–Trinajstić information content (AvgIpc) is 3.28. The topological polar surface area (TPSA) is 93.3 Å². The second-order valence-corrected chi connectivity index (χ2v) is 9.30. The molecule has 2 heterocycles. The van der Waals surface area contributed by atoms with Gasteiger partial charge in [-0.3, -0.25) is 9.82 Å². The highest BCUT2D eigenvalue weighted by molar-refractivity contribution is 7.93. The van der Waals surface area contributed by atoms with E-state index >= 15 is 0 Å². The van der Waals surface area contributed by atoms with Crippen molar-refractivity contribution in [3.05, 3.63) is 39.9 Å². The van der Waals surface area contributed by atoms with Gasteiger partial charge in [-0.15, -0.1) is 11.3 Å². The number of hydrogen-bond donors (Lipinski definition) is 2. The number of H-pyrrole nitrogens is 1. The number of thiophene rings is 1. The molecule has 0 amide bonds. The van der Waals surface area contributed by atoms with Crippen LogP contribution in [0.3, 0.4) is 0 Å². The molecule has 2 aromatic heterocycles. The monoisotopic (exact) mass is 481 g/mol. The normalized spacial score (nSPS) is 12.1. The van der Waals surface area contributed by atoms with Gasteiger partial charge in [0.2, 0.25) is 0 Å². The molecular weight excluding hydrogens is 467 g/mol. The van der Waals surface area contributed by atoms with Crippen LogP contribution < -0.4 is 14.2 Å². The molecule has 0 bridgehead atoms. The molecule has 0 atom stereocenters. The number of benzene rings is 1. The first-order valence-corrected chi connectivity index (χ1v) is 10.8. The van der Waals surface area contributed by atoms with Crippen molar-refractivity contribution in [2.24, 2.45) is 0 Å². The minimum atomic E-state index is -4.59. The predicted octanol–water partition coefficient (Wildman–Crippen LogP) is 4.94. The minimum absolute atomic E-state index is 0.0121. The lowest BCUT2D eigenvalue weighted by Gasteiger charge is -2.14. The smallest absolute Gasteiger partial charge is 0.432 e. The highest BCUT2D eigenvalue weighted by atomic mass is 35.5. The molecule has 3 aromatic rings. The van der Waals surface area contributed by atoms with Gasteiger partial charge in [-0.1, -0.05) is 11.6 Å². The van der Waals surface area contributed by atoms with Gasteiger partial charge in [0.1, 0.15) is 27.8 Å². The van der Waals surface area contributed by atoms with Crippen LogP contribution in [0.4, 0.5) is 18.9 Å². The Hall–Kier alpha value is -2.44. The fourth-order valence-corrected chi connectivity index (χ4v) is 5.45. The van der Waals surface area contributed by atoms with Crippen molar-refractivity contribution in [2.45, 2.75) is 18.0 Å². The number of sulfonamides is 1. The van der Waals surface area contributed by atoms with Crippen molar-refractivity contribution in [1.82, 2.24) is 10.2 Å². The molecule has 7 nitrogen and oxygen atoms in total. The van der Waals surface area contributed by atoms with E-state index in [1.54, 1.807) is 0 Å². The maximum atomic E-state index is 12.9. The number of alkyl halides is 3. The molecule has 0 aliphatic carbocycles. The molecule has 0 aliphatic heterocycles. The summed E-state index contributed by atoms with van der Waals surface area (Å²) in [5.41, 5.74) is -0.958. The van der Waals surface area contributed by atoms with Gasteiger partial charge < -0.3 is 9.47 Å². The van der Waals surface area contributed by atoms with Gasteiger partial charge in [0.25, 0.3) is 10.0 Å². The molecule has 0 aliphatic rings. The predicted molar refractivity (Wildman–Crippen MR) is 107 cm³/mol. The molecule has 0 saturated heterocycles. The molecule has 2 N–H and O–H groups in total. The quantitative estimate of drug-likeness (QED) is 0.520. The first-order valence-electron chi connectivity index (χ1n) is 8.14. The number of aryl methyl sites for hydroxylation is 1. The number of aromatic nitrogens is 2. The molecule has 162 valence electrons. The zero-order valence-electron chi connectivity index (χ0n) is 15.7. The van der Waals surface area contributed by atoms with Crippen LogP contribution in [0.5, 0.6) is 11.5 Å². The molecule has 30 heavy (non-hydrogen) atoms.